The number of allylic oxidation sites excluding steroid dienone is 2. The van der Waals surface area contributed by atoms with Gasteiger partial charge in [-0.2, -0.15) is 0 Å². The second-order valence-electron chi connectivity index (χ2n) is 9.66. The van der Waals surface area contributed by atoms with E-state index in [1.54, 1.807) is 7.11 Å². The number of carbonyl (C=O) groups is 2. The second kappa shape index (κ2) is 16.0. The third-order valence-corrected chi connectivity index (χ3v) is 7.40. The van der Waals surface area contributed by atoms with Gasteiger partial charge in [0, 0.05) is 31.4 Å². The van der Waals surface area contributed by atoms with Crippen LogP contribution in [-0.4, -0.2) is 42.3 Å². The van der Waals surface area contributed by atoms with E-state index in [4.69, 9.17) is 10.5 Å². The molecule has 3 atom stereocenters. The number of halogens is 1. The van der Waals surface area contributed by atoms with E-state index in [1.165, 1.54) is 0 Å². The summed E-state index contributed by atoms with van der Waals surface area (Å²) in [4.78, 5) is 24.6. The summed E-state index contributed by atoms with van der Waals surface area (Å²) < 4.78 is 6.15. The topological polar surface area (TPSA) is 102 Å². The van der Waals surface area contributed by atoms with Crippen LogP contribution in [0.15, 0.2) is 42.5 Å². The van der Waals surface area contributed by atoms with Gasteiger partial charge in [0.25, 0.3) is 0 Å². The molecular formula is C28H47ClN2O4. The van der Waals surface area contributed by atoms with Crippen molar-refractivity contribution in [3.63, 3.8) is 0 Å². The van der Waals surface area contributed by atoms with Gasteiger partial charge >= 0.3 is 5.97 Å². The van der Waals surface area contributed by atoms with Crippen molar-refractivity contribution in [1.82, 2.24) is 5.32 Å². The molecule has 0 aromatic heterocycles. The number of benzene rings is 1. The molecule has 6 nitrogen and oxygen atoms in total. The number of nitrogens with two attached hydrogens (primary N) is 1. The van der Waals surface area contributed by atoms with Crippen molar-refractivity contribution in [3.05, 3.63) is 48.0 Å². The maximum atomic E-state index is 12.6. The van der Waals surface area contributed by atoms with E-state index in [9.17, 15) is 14.7 Å². The number of carbonyl (C=O) groups excluding carboxylic acids is 1. The van der Waals surface area contributed by atoms with Crippen LogP contribution in [0, 0.1) is 11.8 Å². The predicted octanol–water partition coefficient (Wildman–Crippen LogP) is 5.49. The zero-order chi connectivity index (χ0) is 25.8. The van der Waals surface area contributed by atoms with Gasteiger partial charge < -0.3 is 20.9 Å². The zero-order valence-corrected chi connectivity index (χ0v) is 23.2. The Labute approximate surface area is 218 Å². The lowest BCUT2D eigenvalue weighted by Crippen LogP contribution is -2.63. The van der Waals surface area contributed by atoms with Crippen molar-refractivity contribution in [2.45, 2.75) is 90.2 Å². The molecule has 4 N–H and O–H groups in total. The van der Waals surface area contributed by atoms with Crippen LogP contribution in [-0.2, 0) is 19.7 Å². The quantitative estimate of drug-likeness (QED) is 0.201. The van der Waals surface area contributed by atoms with E-state index in [-0.39, 0.29) is 24.9 Å². The first-order chi connectivity index (χ1) is 16.1. The molecule has 0 aliphatic heterocycles. The Kier molecular flexibility index (Phi) is 15.1. The zero-order valence-electron chi connectivity index (χ0n) is 22.4. The predicted molar refractivity (Wildman–Crippen MR) is 146 cm³/mol. The summed E-state index contributed by atoms with van der Waals surface area (Å²) in [5, 5.41) is 12.8. The molecule has 0 aliphatic carbocycles. The van der Waals surface area contributed by atoms with Gasteiger partial charge in [-0.25, -0.2) is 0 Å². The normalized spacial score (nSPS) is 15.3. The van der Waals surface area contributed by atoms with Crippen LogP contribution in [0.3, 0.4) is 0 Å². The van der Waals surface area contributed by atoms with Gasteiger partial charge in [0.1, 0.15) is 6.04 Å². The Morgan fingerprint density at radius 1 is 1.14 bits per heavy atom. The second-order valence-corrected chi connectivity index (χ2v) is 9.66. The Morgan fingerprint density at radius 2 is 1.74 bits per heavy atom. The first-order valence-corrected chi connectivity index (χ1v) is 12.6. The largest absolute Gasteiger partial charge is 0.480 e. The summed E-state index contributed by atoms with van der Waals surface area (Å²) >= 11 is 0. The average Bonchev–Trinajstić information content (AvgIpc) is 2.82. The number of unbranched alkanes of at least 4 members (excludes halogenated alkanes) is 2. The maximum Gasteiger partial charge on any atom is 0.320 e. The van der Waals surface area contributed by atoms with Gasteiger partial charge in [0.05, 0.1) is 5.60 Å². The van der Waals surface area contributed by atoms with Crippen LogP contribution in [0.2, 0.25) is 0 Å². The van der Waals surface area contributed by atoms with Crippen molar-refractivity contribution in [1.29, 1.82) is 0 Å². The van der Waals surface area contributed by atoms with Crippen LogP contribution in [0.25, 0.3) is 0 Å². The molecule has 1 rings (SSSR count). The molecule has 0 saturated heterocycles. The molecule has 35 heavy (non-hydrogen) atoms. The van der Waals surface area contributed by atoms with E-state index in [1.807, 2.05) is 25.1 Å². The van der Waals surface area contributed by atoms with Gasteiger partial charge in [-0.05, 0) is 50.5 Å². The van der Waals surface area contributed by atoms with Crippen molar-refractivity contribution in [3.8, 4) is 0 Å². The van der Waals surface area contributed by atoms with E-state index < -0.39 is 28.9 Å². The molecule has 0 fully saturated rings. The Morgan fingerprint density at radius 3 is 2.23 bits per heavy atom. The molecule has 0 radical (unpaired) electrons. The molecular weight excluding hydrogens is 464 g/mol. The molecule has 0 aliphatic rings. The average molecular weight is 511 g/mol. The third kappa shape index (κ3) is 8.62. The van der Waals surface area contributed by atoms with Gasteiger partial charge in [-0.1, -0.05) is 70.2 Å². The molecule has 0 saturated carbocycles. The minimum absolute atomic E-state index is 0. The van der Waals surface area contributed by atoms with Crippen molar-refractivity contribution in [2.24, 2.45) is 17.6 Å². The van der Waals surface area contributed by atoms with Crippen molar-refractivity contribution in [2.75, 3.05) is 13.7 Å². The SMILES string of the molecule is CCC(CC)(c1ccccc1)C(C)(OC)C(CNC(=O)CCCCC=CC(C)C)[C@H](N)C(=O)O.Cl. The van der Waals surface area contributed by atoms with E-state index in [0.717, 1.165) is 37.7 Å². The number of ether oxygens (including phenoxy) is 1. The Hall–Kier alpha value is -1.89. The van der Waals surface area contributed by atoms with Gasteiger partial charge in [0.15, 0.2) is 0 Å². The number of methoxy groups -OCH3 is 1. The highest BCUT2D eigenvalue weighted by Gasteiger charge is 2.54. The number of hydrogen-bond acceptors (Lipinski definition) is 4. The summed E-state index contributed by atoms with van der Waals surface area (Å²) in [6.07, 6.45) is 8.87. The molecule has 0 spiro atoms. The lowest BCUT2D eigenvalue weighted by atomic mass is 9.58. The first-order valence-electron chi connectivity index (χ1n) is 12.6. The van der Waals surface area contributed by atoms with E-state index >= 15 is 0 Å². The fourth-order valence-corrected chi connectivity index (χ4v) is 5.17. The number of rotatable bonds is 16. The third-order valence-electron chi connectivity index (χ3n) is 7.40. The highest BCUT2D eigenvalue weighted by molar-refractivity contribution is 5.85. The number of carboxylic acids is 1. The van der Waals surface area contributed by atoms with Crippen LogP contribution in [0.4, 0.5) is 0 Å². The lowest BCUT2D eigenvalue weighted by molar-refractivity contribution is -0.151. The molecule has 0 bridgehead atoms. The fourth-order valence-electron chi connectivity index (χ4n) is 5.17. The maximum absolute atomic E-state index is 12.6. The minimum Gasteiger partial charge on any atom is -0.480 e. The van der Waals surface area contributed by atoms with Crippen molar-refractivity contribution < 1.29 is 19.4 Å². The fraction of sp³-hybridized carbons (Fsp3) is 0.643. The van der Waals surface area contributed by atoms with E-state index in [2.05, 4.69) is 57.3 Å². The Bertz CT molecular complexity index is 780. The molecule has 2 unspecified atom stereocenters. The summed E-state index contributed by atoms with van der Waals surface area (Å²) in [5.74, 6) is -1.29. The number of amides is 1. The molecule has 1 aromatic rings. The number of carboxylic acid groups (broad SMARTS) is 1. The van der Waals surface area contributed by atoms with Gasteiger partial charge in [0.2, 0.25) is 5.91 Å². The highest BCUT2D eigenvalue weighted by Crippen LogP contribution is 2.48. The number of hydrogen-bond donors (Lipinski definition) is 3. The molecule has 1 aromatic carbocycles. The van der Waals surface area contributed by atoms with E-state index in [0.29, 0.717) is 12.3 Å². The van der Waals surface area contributed by atoms with Crippen LogP contribution < -0.4 is 11.1 Å². The molecule has 1 amide bonds. The highest BCUT2D eigenvalue weighted by atomic mass is 35.5. The summed E-state index contributed by atoms with van der Waals surface area (Å²) in [6.45, 7) is 10.5. The summed E-state index contributed by atoms with van der Waals surface area (Å²) in [5.41, 5.74) is 5.91. The van der Waals surface area contributed by atoms with Crippen LogP contribution in [0.5, 0.6) is 0 Å². The molecule has 0 heterocycles. The summed E-state index contributed by atoms with van der Waals surface area (Å²) in [7, 11) is 1.61. The van der Waals surface area contributed by atoms with Crippen LogP contribution in [0.1, 0.15) is 78.7 Å². The van der Waals surface area contributed by atoms with Gasteiger partial charge in [-0.3, -0.25) is 9.59 Å². The monoisotopic (exact) mass is 510 g/mol. The first kappa shape index (κ1) is 33.1. The standard InChI is InChI=1S/C28H46N2O4.ClH/c1-7-28(8-2,22-17-13-11-14-18-22)27(5,34-6)23(25(29)26(32)33)20-30-24(31)19-15-10-9-12-16-21(3)4;/h11-14,16-18,21,23,25H,7-10,15,19-20,29H2,1-6H3,(H,30,31)(H,32,33);1H/t23?,25-,27?;/m0./s1. The van der Waals surface area contributed by atoms with Gasteiger partial charge in [-0.15, -0.1) is 12.4 Å². The van der Waals surface area contributed by atoms with Crippen molar-refractivity contribution >= 4 is 24.3 Å². The minimum atomic E-state index is -1.19. The molecule has 200 valence electrons. The molecule has 7 heteroatoms. The van der Waals surface area contributed by atoms with Crippen LogP contribution >= 0.6 is 12.4 Å². The lowest BCUT2D eigenvalue weighted by Gasteiger charge is -2.52. The summed E-state index contributed by atoms with van der Waals surface area (Å²) in [6, 6.07) is 8.85. The number of nitrogens with one attached hydrogen (secondary N) is 1. The smallest absolute Gasteiger partial charge is 0.320 e. The Balaban J connectivity index is 0.0000116. The number of aliphatic carboxylic acids is 1.